The maximum atomic E-state index is 13.9. The molecular weight excluding hydrogens is 291 g/mol. The largest absolute Gasteiger partial charge is 0.261 e. The molecule has 1 aromatic carbocycles. The third-order valence-electron chi connectivity index (χ3n) is 4.08. The smallest absolute Gasteiger partial charge is 0.155 e. The Kier molecular flexibility index (Phi) is 3.61. The molecule has 0 fully saturated rings. The molecule has 0 bridgehead atoms. The van der Waals surface area contributed by atoms with Crippen molar-refractivity contribution in [3.05, 3.63) is 47.8 Å². The standard InChI is InChI=1S/C18H17FN4/c1-11(19)12-6-13(8-14(7-12)18(2,3)10-20)15-4-5-21-17-16(15)9-22-23-17/h4-9,11H,1-3H3,(H,21,22,23). The minimum atomic E-state index is -1.11. The number of rotatable bonds is 3. The Labute approximate surface area is 134 Å². The quantitative estimate of drug-likeness (QED) is 0.777. The first-order valence-corrected chi connectivity index (χ1v) is 7.41. The normalized spacial score (nSPS) is 13.0. The number of halogens is 1. The van der Waals surface area contributed by atoms with Gasteiger partial charge in [0.15, 0.2) is 5.65 Å². The van der Waals surface area contributed by atoms with Crippen LogP contribution in [0, 0.1) is 11.3 Å². The van der Waals surface area contributed by atoms with Crippen LogP contribution in [0.1, 0.15) is 38.1 Å². The summed E-state index contributed by atoms with van der Waals surface area (Å²) in [6.45, 7) is 5.17. The molecule has 0 radical (unpaired) electrons. The molecule has 2 aromatic heterocycles. The first kappa shape index (κ1) is 15.2. The first-order valence-electron chi connectivity index (χ1n) is 7.41. The van der Waals surface area contributed by atoms with E-state index in [-0.39, 0.29) is 0 Å². The molecule has 1 unspecified atom stereocenters. The van der Waals surface area contributed by atoms with E-state index >= 15 is 0 Å². The number of hydrogen-bond acceptors (Lipinski definition) is 3. The summed E-state index contributed by atoms with van der Waals surface area (Å²) in [5.74, 6) is 0. The summed E-state index contributed by atoms with van der Waals surface area (Å²) in [7, 11) is 0. The van der Waals surface area contributed by atoms with E-state index < -0.39 is 11.6 Å². The number of benzene rings is 1. The fourth-order valence-electron chi connectivity index (χ4n) is 2.56. The predicted octanol–water partition coefficient (Wildman–Crippen LogP) is 4.46. The topological polar surface area (TPSA) is 65.4 Å². The van der Waals surface area contributed by atoms with Crippen molar-refractivity contribution < 1.29 is 4.39 Å². The van der Waals surface area contributed by atoms with Crippen molar-refractivity contribution in [2.45, 2.75) is 32.4 Å². The number of alkyl halides is 1. The van der Waals surface area contributed by atoms with Crippen LogP contribution in [0.25, 0.3) is 22.2 Å². The second kappa shape index (κ2) is 5.47. The lowest BCUT2D eigenvalue weighted by molar-refractivity contribution is 0.374. The van der Waals surface area contributed by atoms with Crippen molar-refractivity contribution in [2.24, 2.45) is 0 Å². The third-order valence-corrected chi connectivity index (χ3v) is 4.08. The van der Waals surface area contributed by atoms with Gasteiger partial charge in [0.25, 0.3) is 0 Å². The van der Waals surface area contributed by atoms with Gasteiger partial charge >= 0.3 is 0 Å². The second-order valence-corrected chi connectivity index (χ2v) is 6.19. The van der Waals surface area contributed by atoms with Gasteiger partial charge in [-0.1, -0.05) is 6.07 Å². The Morgan fingerprint density at radius 1 is 1.30 bits per heavy atom. The van der Waals surface area contributed by atoms with Gasteiger partial charge in [-0.05, 0) is 61.2 Å². The van der Waals surface area contributed by atoms with Gasteiger partial charge in [0.1, 0.15) is 6.17 Å². The molecule has 3 rings (SSSR count). The van der Waals surface area contributed by atoms with Gasteiger partial charge in [0, 0.05) is 11.6 Å². The Balaban J connectivity index is 2.27. The molecule has 4 nitrogen and oxygen atoms in total. The molecule has 0 aliphatic rings. The average Bonchev–Trinajstić information content (AvgIpc) is 3.02. The first-order chi connectivity index (χ1) is 10.9. The number of nitrogens with one attached hydrogen (secondary N) is 1. The number of H-pyrrole nitrogens is 1. The van der Waals surface area contributed by atoms with Crippen LogP contribution in [0.3, 0.4) is 0 Å². The number of pyridine rings is 1. The van der Waals surface area contributed by atoms with Gasteiger partial charge in [-0.3, -0.25) is 5.10 Å². The van der Waals surface area contributed by atoms with Crippen molar-refractivity contribution in [1.29, 1.82) is 5.26 Å². The van der Waals surface area contributed by atoms with E-state index in [1.807, 2.05) is 32.0 Å². The van der Waals surface area contributed by atoms with E-state index in [1.165, 1.54) is 6.92 Å². The van der Waals surface area contributed by atoms with Crippen molar-refractivity contribution >= 4 is 11.0 Å². The summed E-state index contributed by atoms with van der Waals surface area (Å²) in [4.78, 5) is 4.23. The lowest BCUT2D eigenvalue weighted by Crippen LogP contribution is -2.14. The van der Waals surface area contributed by atoms with Crippen molar-refractivity contribution in [1.82, 2.24) is 15.2 Å². The van der Waals surface area contributed by atoms with Crippen LogP contribution in [-0.2, 0) is 5.41 Å². The Morgan fingerprint density at radius 2 is 2.09 bits per heavy atom. The molecule has 0 saturated heterocycles. The van der Waals surface area contributed by atoms with Crippen molar-refractivity contribution in [3.63, 3.8) is 0 Å². The molecule has 1 N–H and O–H groups in total. The molecule has 3 aromatic rings. The molecule has 2 heterocycles. The van der Waals surface area contributed by atoms with Crippen LogP contribution in [0.2, 0.25) is 0 Å². The van der Waals surface area contributed by atoms with Crippen molar-refractivity contribution in [3.8, 4) is 17.2 Å². The lowest BCUT2D eigenvalue weighted by atomic mass is 9.83. The summed E-state index contributed by atoms with van der Waals surface area (Å²) in [5.41, 5.74) is 3.13. The van der Waals surface area contributed by atoms with Crippen LogP contribution in [-0.4, -0.2) is 15.2 Å². The Hall–Kier alpha value is -2.74. The monoisotopic (exact) mass is 308 g/mol. The predicted molar refractivity (Wildman–Crippen MR) is 87.5 cm³/mol. The highest BCUT2D eigenvalue weighted by Crippen LogP contribution is 2.34. The molecule has 0 saturated carbocycles. The summed E-state index contributed by atoms with van der Waals surface area (Å²) in [5, 5.41) is 17.1. The summed E-state index contributed by atoms with van der Waals surface area (Å²) in [6.07, 6.45) is 2.29. The molecule has 0 spiro atoms. The molecule has 0 amide bonds. The Morgan fingerprint density at radius 3 is 2.78 bits per heavy atom. The fraction of sp³-hybridized carbons (Fsp3) is 0.278. The number of nitrogens with zero attached hydrogens (tertiary/aromatic N) is 3. The van der Waals surface area contributed by atoms with Gasteiger partial charge in [-0.2, -0.15) is 10.4 Å². The van der Waals surface area contributed by atoms with Crippen LogP contribution in [0.4, 0.5) is 4.39 Å². The SMILES string of the molecule is CC(F)c1cc(-c2ccnc3[nH]ncc23)cc(C(C)(C)C#N)c1. The molecular formula is C18H17FN4. The van der Waals surface area contributed by atoms with E-state index in [1.54, 1.807) is 18.5 Å². The third kappa shape index (κ3) is 2.68. The number of fused-ring (bicyclic) bond motifs is 1. The maximum Gasteiger partial charge on any atom is 0.155 e. The highest BCUT2D eigenvalue weighted by atomic mass is 19.1. The van der Waals surface area contributed by atoms with Crippen LogP contribution >= 0.6 is 0 Å². The summed E-state index contributed by atoms with van der Waals surface area (Å²) >= 11 is 0. The van der Waals surface area contributed by atoms with E-state index in [4.69, 9.17) is 0 Å². The molecule has 23 heavy (non-hydrogen) atoms. The van der Waals surface area contributed by atoms with Crippen LogP contribution in [0.15, 0.2) is 36.7 Å². The zero-order chi connectivity index (χ0) is 16.6. The zero-order valence-electron chi connectivity index (χ0n) is 13.3. The summed E-state index contributed by atoms with van der Waals surface area (Å²) in [6, 6.07) is 9.69. The highest BCUT2D eigenvalue weighted by molar-refractivity contribution is 5.92. The number of nitriles is 1. The van der Waals surface area contributed by atoms with E-state index in [0.29, 0.717) is 11.2 Å². The Bertz CT molecular complexity index is 903. The highest BCUT2D eigenvalue weighted by Gasteiger charge is 2.22. The van der Waals surface area contributed by atoms with Gasteiger partial charge < -0.3 is 0 Å². The van der Waals surface area contributed by atoms with Crippen LogP contribution < -0.4 is 0 Å². The van der Waals surface area contributed by atoms with E-state index in [0.717, 1.165) is 22.1 Å². The van der Waals surface area contributed by atoms with Gasteiger partial charge in [0.05, 0.1) is 17.7 Å². The second-order valence-electron chi connectivity index (χ2n) is 6.19. The number of aromatic nitrogens is 3. The van der Waals surface area contributed by atoms with Gasteiger partial charge in [-0.15, -0.1) is 0 Å². The van der Waals surface area contributed by atoms with E-state index in [9.17, 15) is 9.65 Å². The molecule has 0 aliphatic carbocycles. The number of aromatic amines is 1. The minimum Gasteiger partial charge on any atom is -0.261 e. The molecule has 1 atom stereocenters. The van der Waals surface area contributed by atoms with Gasteiger partial charge in [0.2, 0.25) is 0 Å². The number of hydrogen-bond donors (Lipinski definition) is 1. The molecule has 5 heteroatoms. The van der Waals surface area contributed by atoms with Gasteiger partial charge in [-0.25, -0.2) is 9.37 Å². The average molecular weight is 308 g/mol. The maximum absolute atomic E-state index is 13.9. The minimum absolute atomic E-state index is 0.564. The summed E-state index contributed by atoms with van der Waals surface area (Å²) < 4.78 is 13.9. The fourth-order valence-corrected chi connectivity index (χ4v) is 2.56. The molecule has 116 valence electrons. The molecule has 0 aliphatic heterocycles. The van der Waals surface area contributed by atoms with Crippen molar-refractivity contribution in [2.75, 3.05) is 0 Å². The van der Waals surface area contributed by atoms with Crippen LogP contribution in [0.5, 0.6) is 0 Å². The zero-order valence-corrected chi connectivity index (χ0v) is 13.3. The van der Waals surface area contributed by atoms with E-state index in [2.05, 4.69) is 21.3 Å². The lowest BCUT2D eigenvalue weighted by Gasteiger charge is -2.19.